The van der Waals surface area contributed by atoms with Crippen molar-refractivity contribution in [3.8, 4) is 0 Å². The molecule has 1 aliphatic carbocycles. The number of rotatable bonds is 7. The summed E-state index contributed by atoms with van der Waals surface area (Å²) >= 11 is 1.54. The fraction of sp³-hybridized carbons (Fsp3) is 0.733. The van der Waals surface area contributed by atoms with Crippen LogP contribution in [0.2, 0.25) is 0 Å². The first-order valence-corrected chi connectivity index (χ1v) is 8.59. The van der Waals surface area contributed by atoms with Crippen molar-refractivity contribution in [2.24, 2.45) is 0 Å². The fourth-order valence-electron chi connectivity index (χ4n) is 2.90. The Bertz CT molecular complexity index is 444. The molecule has 21 heavy (non-hydrogen) atoms. The van der Waals surface area contributed by atoms with E-state index < -0.39 is 0 Å². The van der Waals surface area contributed by atoms with Crippen LogP contribution >= 0.6 is 11.3 Å². The summed E-state index contributed by atoms with van der Waals surface area (Å²) in [5, 5.41) is 14.8. The summed E-state index contributed by atoms with van der Waals surface area (Å²) in [7, 11) is 1.64. The third-order valence-electron chi connectivity index (χ3n) is 4.03. The van der Waals surface area contributed by atoms with Gasteiger partial charge in [-0.25, -0.2) is 4.98 Å². The number of nitrogens with zero attached hydrogens (tertiary/aromatic N) is 2. The van der Waals surface area contributed by atoms with Crippen LogP contribution in [-0.4, -0.2) is 47.1 Å². The van der Waals surface area contributed by atoms with E-state index >= 15 is 0 Å². The number of carbonyl (C=O) groups is 1. The molecule has 0 radical (unpaired) electrons. The topological polar surface area (TPSA) is 65.5 Å². The molecule has 1 heterocycles. The van der Waals surface area contributed by atoms with Gasteiger partial charge in [0, 0.05) is 31.6 Å². The molecule has 118 valence electrons. The fourth-order valence-corrected chi connectivity index (χ4v) is 3.69. The molecule has 1 saturated carbocycles. The van der Waals surface area contributed by atoms with Crippen LogP contribution < -0.4 is 5.32 Å². The minimum Gasteiger partial charge on any atom is -0.395 e. The van der Waals surface area contributed by atoms with Crippen LogP contribution in [0.15, 0.2) is 5.38 Å². The van der Waals surface area contributed by atoms with Crippen LogP contribution in [0.4, 0.5) is 0 Å². The molecule has 0 saturated heterocycles. The van der Waals surface area contributed by atoms with Gasteiger partial charge in [0.2, 0.25) is 5.91 Å². The predicted octanol–water partition coefficient (Wildman–Crippen LogP) is 1.56. The molecule has 6 heteroatoms. The van der Waals surface area contributed by atoms with Crippen molar-refractivity contribution in [1.29, 1.82) is 0 Å². The lowest BCUT2D eigenvalue weighted by atomic mass is 9.94. The third kappa shape index (κ3) is 5.05. The van der Waals surface area contributed by atoms with Gasteiger partial charge in [-0.1, -0.05) is 19.3 Å². The van der Waals surface area contributed by atoms with Gasteiger partial charge in [0.25, 0.3) is 0 Å². The first-order valence-electron chi connectivity index (χ1n) is 7.71. The zero-order valence-corrected chi connectivity index (χ0v) is 13.5. The molecule has 2 rings (SSSR count). The van der Waals surface area contributed by atoms with Gasteiger partial charge in [0.15, 0.2) is 0 Å². The summed E-state index contributed by atoms with van der Waals surface area (Å²) in [5.41, 5.74) is 1.01. The second-order valence-corrected chi connectivity index (χ2v) is 6.51. The van der Waals surface area contributed by atoms with E-state index in [-0.39, 0.29) is 12.5 Å². The van der Waals surface area contributed by atoms with Gasteiger partial charge in [0.1, 0.15) is 5.01 Å². The predicted molar refractivity (Wildman–Crippen MR) is 84.3 cm³/mol. The Morgan fingerprint density at radius 1 is 1.48 bits per heavy atom. The molecule has 0 unspecified atom stereocenters. The average Bonchev–Trinajstić information content (AvgIpc) is 2.94. The quantitative estimate of drug-likeness (QED) is 0.802. The summed E-state index contributed by atoms with van der Waals surface area (Å²) < 4.78 is 0. The monoisotopic (exact) mass is 311 g/mol. The van der Waals surface area contributed by atoms with Crippen LogP contribution in [0, 0.1) is 0 Å². The zero-order chi connectivity index (χ0) is 15.1. The van der Waals surface area contributed by atoms with Gasteiger partial charge in [-0.05, 0) is 12.8 Å². The molecular formula is C15H25N3O2S. The maximum absolute atomic E-state index is 11.4. The van der Waals surface area contributed by atoms with Crippen LogP contribution in [0.25, 0.3) is 0 Å². The van der Waals surface area contributed by atoms with E-state index in [4.69, 9.17) is 0 Å². The lowest BCUT2D eigenvalue weighted by Gasteiger charge is -2.33. The Labute approximate surface area is 130 Å². The molecule has 0 atom stereocenters. The normalized spacial score (nSPS) is 16.3. The number of hydrogen-bond acceptors (Lipinski definition) is 5. The summed E-state index contributed by atoms with van der Waals surface area (Å²) in [5.74, 6) is -0.00426. The Morgan fingerprint density at radius 3 is 2.90 bits per heavy atom. The zero-order valence-electron chi connectivity index (χ0n) is 12.7. The highest BCUT2D eigenvalue weighted by atomic mass is 32.1. The number of likely N-dealkylation sites (N-methyl/N-ethyl adjacent to an activating group) is 1. The molecule has 5 nitrogen and oxygen atoms in total. The number of amides is 1. The van der Waals surface area contributed by atoms with Crippen molar-refractivity contribution >= 4 is 17.2 Å². The lowest BCUT2D eigenvalue weighted by Crippen LogP contribution is -2.38. The van der Waals surface area contributed by atoms with Crippen molar-refractivity contribution in [2.75, 3.05) is 20.2 Å². The summed E-state index contributed by atoms with van der Waals surface area (Å²) in [6.45, 7) is 1.66. The second-order valence-electron chi connectivity index (χ2n) is 5.57. The average molecular weight is 311 g/mol. The van der Waals surface area contributed by atoms with E-state index in [1.165, 1.54) is 43.4 Å². The standard InChI is InChI=1S/C15H25N3O2S/c1-16-14(20)9-15-17-12(11-21-15)10-18(7-8-19)13-5-3-2-4-6-13/h11,13,19H,2-10H2,1H3,(H,16,20). The SMILES string of the molecule is CNC(=O)Cc1nc(CN(CCO)C2CCCCC2)cs1. The van der Waals surface area contributed by atoms with E-state index in [0.29, 0.717) is 19.0 Å². The van der Waals surface area contributed by atoms with E-state index in [0.717, 1.165) is 17.2 Å². The smallest absolute Gasteiger partial charge is 0.226 e. The Hall–Kier alpha value is -0.980. The minimum atomic E-state index is -0.00426. The highest BCUT2D eigenvalue weighted by molar-refractivity contribution is 7.09. The van der Waals surface area contributed by atoms with Crippen LogP contribution in [0.5, 0.6) is 0 Å². The number of carbonyl (C=O) groups excluding carboxylic acids is 1. The molecule has 1 amide bonds. The van der Waals surface area contributed by atoms with Gasteiger partial charge in [0.05, 0.1) is 18.7 Å². The first kappa shape index (κ1) is 16.4. The van der Waals surface area contributed by atoms with Crippen LogP contribution in [0.3, 0.4) is 0 Å². The summed E-state index contributed by atoms with van der Waals surface area (Å²) in [4.78, 5) is 18.3. The number of aliphatic hydroxyl groups excluding tert-OH is 1. The van der Waals surface area contributed by atoms with Crippen molar-refractivity contribution in [3.63, 3.8) is 0 Å². The highest BCUT2D eigenvalue weighted by Crippen LogP contribution is 2.24. The van der Waals surface area contributed by atoms with Gasteiger partial charge >= 0.3 is 0 Å². The van der Waals surface area contributed by atoms with Crippen molar-refractivity contribution < 1.29 is 9.90 Å². The number of aliphatic hydroxyl groups is 1. The summed E-state index contributed by atoms with van der Waals surface area (Å²) in [6, 6.07) is 0.565. The maximum atomic E-state index is 11.4. The molecule has 1 aliphatic rings. The third-order valence-corrected chi connectivity index (χ3v) is 4.93. The first-order chi connectivity index (χ1) is 10.2. The van der Waals surface area contributed by atoms with E-state index in [2.05, 4.69) is 15.2 Å². The Kier molecular flexibility index (Phi) is 6.60. The van der Waals surface area contributed by atoms with E-state index in [1.54, 1.807) is 7.05 Å². The minimum absolute atomic E-state index is 0.00426. The van der Waals surface area contributed by atoms with Crippen LogP contribution in [0.1, 0.15) is 42.8 Å². The Morgan fingerprint density at radius 2 is 2.24 bits per heavy atom. The highest BCUT2D eigenvalue weighted by Gasteiger charge is 2.21. The molecule has 0 bridgehead atoms. The van der Waals surface area contributed by atoms with Gasteiger partial charge in [-0.2, -0.15) is 0 Å². The molecule has 0 spiro atoms. The Balaban J connectivity index is 1.94. The van der Waals surface area contributed by atoms with Gasteiger partial charge < -0.3 is 10.4 Å². The lowest BCUT2D eigenvalue weighted by molar-refractivity contribution is -0.119. The molecular weight excluding hydrogens is 286 g/mol. The number of aromatic nitrogens is 1. The van der Waals surface area contributed by atoms with Crippen molar-refractivity contribution in [2.45, 2.75) is 51.1 Å². The van der Waals surface area contributed by atoms with E-state index in [9.17, 15) is 9.90 Å². The molecule has 0 aromatic carbocycles. The largest absolute Gasteiger partial charge is 0.395 e. The van der Waals surface area contributed by atoms with E-state index in [1.807, 2.05) is 5.38 Å². The molecule has 0 aliphatic heterocycles. The summed E-state index contributed by atoms with van der Waals surface area (Å²) in [6.07, 6.45) is 6.68. The molecule has 1 aromatic rings. The van der Waals surface area contributed by atoms with Gasteiger partial charge in [-0.15, -0.1) is 11.3 Å². The number of thiazole rings is 1. The molecule has 1 fully saturated rings. The molecule has 1 aromatic heterocycles. The number of nitrogens with one attached hydrogen (secondary N) is 1. The van der Waals surface area contributed by atoms with Crippen LogP contribution in [-0.2, 0) is 17.8 Å². The van der Waals surface area contributed by atoms with Gasteiger partial charge in [-0.3, -0.25) is 9.69 Å². The number of hydrogen-bond donors (Lipinski definition) is 2. The molecule has 2 N–H and O–H groups in total. The maximum Gasteiger partial charge on any atom is 0.226 e. The van der Waals surface area contributed by atoms with Crippen molar-refractivity contribution in [1.82, 2.24) is 15.2 Å². The van der Waals surface area contributed by atoms with Crippen molar-refractivity contribution in [3.05, 3.63) is 16.1 Å². The second kappa shape index (κ2) is 8.46.